The molecule has 0 unspecified atom stereocenters. The van der Waals surface area contributed by atoms with Crippen molar-refractivity contribution >= 4 is 21.6 Å². The van der Waals surface area contributed by atoms with E-state index in [1.807, 2.05) is 13.8 Å². The third-order valence-corrected chi connectivity index (χ3v) is 5.62. The molecule has 116 valence electrons. The summed E-state index contributed by atoms with van der Waals surface area (Å²) in [5.74, 6) is -0.389. The summed E-state index contributed by atoms with van der Waals surface area (Å²) in [6.07, 6.45) is 1.56. The average Bonchev–Trinajstić information content (AvgIpc) is 2.73. The Hall–Kier alpha value is -1.40. The Bertz CT molecular complexity index is 634. The van der Waals surface area contributed by atoms with Crippen LogP contribution in [0, 0.1) is 0 Å². The van der Waals surface area contributed by atoms with Gasteiger partial charge in [0.1, 0.15) is 0 Å². The molecule has 0 fully saturated rings. The van der Waals surface area contributed by atoms with E-state index in [0.717, 1.165) is 18.4 Å². The zero-order valence-corrected chi connectivity index (χ0v) is 13.5. The minimum atomic E-state index is -3.49. The monoisotopic (exact) mass is 310 g/mol. The number of anilines is 1. The predicted octanol–water partition coefficient (Wildman–Crippen LogP) is 2.55. The molecule has 1 aliphatic rings. The van der Waals surface area contributed by atoms with Gasteiger partial charge < -0.3 is 5.32 Å². The molecule has 6 heteroatoms. The number of amides is 1. The van der Waals surface area contributed by atoms with Crippen molar-refractivity contribution in [1.82, 2.24) is 4.31 Å². The molecule has 0 aliphatic carbocycles. The Labute approximate surface area is 126 Å². The molecule has 0 saturated carbocycles. The minimum Gasteiger partial charge on any atom is -0.325 e. The van der Waals surface area contributed by atoms with Crippen LogP contribution in [0.2, 0.25) is 0 Å². The van der Waals surface area contributed by atoms with Crippen molar-refractivity contribution in [3.05, 3.63) is 23.8 Å². The highest BCUT2D eigenvalue weighted by Crippen LogP contribution is 2.34. The molecule has 1 heterocycles. The van der Waals surface area contributed by atoms with Gasteiger partial charge in [-0.2, -0.15) is 4.31 Å². The van der Waals surface area contributed by atoms with Crippen LogP contribution in [0.4, 0.5) is 5.69 Å². The number of nitrogens with zero attached hydrogens (tertiary/aromatic N) is 1. The van der Waals surface area contributed by atoms with Gasteiger partial charge in [-0.25, -0.2) is 8.42 Å². The summed E-state index contributed by atoms with van der Waals surface area (Å²) in [4.78, 5) is 11.9. The van der Waals surface area contributed by atoms with Gasteiger partial charge in [0.15, 0.2) is 0 Å². The van der Waals surface area contributed by atoms with Crippen LogP contribution in [0.1, 0.15) is 45.1 Å². The first kappa shape index (κ1) is 16.0. The number of nitrogens with one attached hydrogen (secondary N) is 1. The fraction of sp³-hybridized carbons (Fsp3) is 0.533. The number of fused-ring (bicyclic) bond motifs is 1. The van der Waals surface area contributed by atoms with Gasteiger partial charge in [-0.15, -0.1) is 0 Å². The lowest BCUT2D eigenvalue weighted by atomic mass is 10.0. The van der Waals surface area contributed by atoms with Crippen molar-refractivity contribution in [2.75, 3.05) is 18.4 Å². The van der Waals surface area contributed by atoms with Crippen molar-refractivity contribution < 1.29 is 13.2 Å². The molecule has 1 aromatic carbocycles. The maximum absolute atomic E-state index is 12.7. The predicted molar refractivity (Wildman–Crippen MR) is 82.8 cm³/mol. The van der Waals surface area contributed by atoms with Crippen LogP contribution < -0.4 is 5.32 Å². The SMILES string of the molecule is CCCN(CCC)S(=O)(=O)c1ccc2c(c1)[C@H](C)C(=O)N2. The Morgan fingerprint density at radius 3 is 2.38 bits per heavy atom. The summed E-state index contributed by atoms with van der Waals surface area (Å²) in [6, 6.07) is 4.88. The number of carbonyl (C=O) groups excluding carboxylic acids is 1. The van der Waals surface area contributed by atoms with Crippen molar-refractivity contribution in [2.45, 2.75) is 44.4 Å². The van der Waals surface area contributed by atoms with Gasteiger partial charge in [0.2, 0.25) is 15.9 Å². The van der Waals surface area contributed by atoms with Crippen LogP contribution in [0.25, 0.3) is 0 Å². The number of carbonyl (C=O) groups is 1. The smallest absolute Gasteiger partial charge is 0.243 e. The molecule has 1 N–H and O–H groups in total. The highest BCUT2D eigenvalue weighted by atomic mass is 32.2. The Morgan fingerprint density at radius 2 is 1.81 bits per heavy atom. The van der Waals surface area contributed by atoms with Crippen molar-refractivity contribution in [3.63, 3.8) is 0 Å². The number of hydrogen-bond donors (Lipinski definition) is 1. The van der Waals surface area contributed by atoms with Gasteiger partial charge in [-0.3, -0.25) is 4.79 Å². The molecular formula is C15H22N2O3S. The first-order chi connectivity index (χ1) is 9.91. The highest BCUT2D eigenvalue weighted by Gasteiger charge is 2.30. The lowest BCUT2D eigenvalue weighted by Crippen LogP contribution is -2.32. The summed E-state index contributed by atoms with van der Waals surface area (Å²) < 4.78 is 27.0. The van der Waals surface area contributed by atoms with E-state index < -0.39 is 10.0 Å². The molecule has 1 aromatic rings. The molecule has 1 amide bonds. The van der Waals surface area contributed by atoms with Gasteiger partial charge in [-0.1, -0.05) is 13.8 Å². The van der Waals surface area contributed by atoms with Gasteiger partial charge in [-0.05, 0) is 43.5 Å². The van der Waals surface area contributed by atoms with Gasteiger partial charge in [0.05, 0.1) is 10.8 Å². The lowest BCUT2D eigenvalue weighted by Gasteiger charge is -2.21. The number of rotatable bonds is 6. The van der Waals surface area contributed by atoms with E-state index in [2.05, 4.69) is 5.32 Å². The molecule has 0 bridgehead atoms. The second-order valence-electron chi connectivity index (χ2n) is 5.36. The molecular weight excluding hydrogens is 288 g/mol. The standard InChI is InChI=1S/C15H22N2O3S/c1-4-8-17(9-5-2)21(19,20)12-6-7-14-13(10-12)11(3)15(18)16-14/h6-7,10-11H,4-5,8-9H2,1-3H3,(H,16,18)/t11-/m0/s1. The van der Waals surface area contributed by atoms with Crippen LogP contribution in [0.15, 0.2) is 23.1 Å². The van der Waals surface area contributed by atoms with E-state index in [0.29, 0.717) is 18.8 Å². The fourth-order valence-electron chi connectivity index (χ4n) is 2.56. The topological polar surface area (TPSA) is 66.5 Å². The Balaban J connectivity index is 2.39. The number of sulfonamides is 1. The van der Waals surface area contributed by atoms with Crippen molar-refractivity contribution in [2.24, 2.45) is 0 Å². The van der Waals surface area contributed by atoms with E-state index in [1.165, 1.54) is 4.31 Å². The molecule has 2 rings (SSSR count). The number of hydrogen-bond acceptors (Lipinski definition) is 3. The second kappa shape index (κ2) is 6.15. The Kier molecular flexibility index (Phi) is 4.68. The first-order valence-corrected chi connectivity index (χ1v) is 8.80. The average molecular weight is 310 g/mol. The van der Waals surface area contributed by atoms with E-state index in [-0.39, 0.29) is 16.7 Å². The molecule has 0 radical (unpaired) electrons. The molecule has 0 saturated heterocycles. The van der Waals surface area contributed by atoms with Crippen LogP contribution in [-0.2, 0) is 14.8 Å². The maximum Gasteiger partial charge on any atom is 0.243 e. The largest absolute Gasteiger partial charge is 0.325 e. The quantitative estimate of drug-likeness (QED) is 0.878. The van der Waals surface area contributed by atoms with Crippen molar-refractivity contribution in [1.29, 1.82) is 0 Å². The summed E-state index contributed by atoms with van der Waals surface area (Å²) in [7, 11) is -3.49. The van der Waals surface area contributed by atoms with Gasteiger partial charge >= 0.3 is 0 Å². The van der Waals surface area contributed by atoms with E-state index in [4.69, 9.17) is 0 Å². The zero-order chi connectivity index (χ0) is 15.6. The zero-order valence-electron chi connectivity index (χ0n) is 12.7. The molecule has 5 nitrogen and oxygen atoms in total. The minimum absolute atomic E-state index is 0.0847. The Morgan fingerprint density at radius 1 is 1.19 bits per heavy atom. The molecule has 0 spiro atoms. The molecule has 21 heavy (non-hydrogen) atoms. The summed E-state index contributed by atoms with van der Waals surface area (Å²) in [5, 5.41) is 2.76. The van der Waals surface area contributed by atoms with E-state index >= 15 is 0 Å². The van der Waals surface area contributed by atoms with Crippen LogP contribution in [0.5, 0.6) is 0 Å². The van der Waals surface area contributed by atoms with Crippen LogP contribution in [0.3, 0.4) is 0 Å². The summed E-state index contributed by atoms with van der Waals surface area (Å²) >= 11 is 0. The first-order valence-electron chi connectivity index (χ1n) is 7.36. The van der Waals surface area contributed by atoms with Crippen LogP contribution in [-0.4, -0.2) is 31.7 Å². The molecule has 1 aliphatic heterocycles. The number of benzene rings is 1. The highest BCUT2D eigenvalue weighted by molar-refractivity contribution is 7.89. The van der Waals surface area contributed by atoms with Crippen LogP contribution >= 0.6 is 0 Å². The lowest BCUT2D eigenvalue weighted by molar-refractivity contribution is -0.116. The summed E-state index contributed by atoms with van der Waals surface area (Å²) in [5.41, 5.74) is 1.47. The normalized spacial score (nSPS) is 17.9. The maximum atomic E-state index is 12.7. The molecule has 1 atom stereocenters. The van der Waals surface area contributed by atoms with Crippen molar-refractivity contribution in [3.8, 4) is 0 Å². The third kappa shape index (κ3) is 2.96. The summed E-state index contributed by atoms with van der Waals surface area (Å²) in [6.45, 7) is 6.74. The third-order valence-electron chi connectivity index (χ3n) is 3.72. The van der Waals surface area contributed by atoms with Gasteiger partial charge in [0.25, 0.3) is 0 Å². The second-order valence-corrected chi connectivity index (χ2v) is 7.30. The van der Waals surface area contributed by atoms with Gasteiger partial charge in [0, 0.05) is 18.8 Å². The fourth-order valence-corrected chi connectivity index (χ4v) is 4.22. The molecule has 0 aromatic heterocycles. The van der Waals surface area contributed by atoms with E-state index in [1.54, 1.807) is 25.1 Å². The van der Waals surface area contributed by atoms with E-state index in [9.17, 15) is 13.2 Å².